The van der Waals surface area contributed by atoms with Crippen LogP contribution in [0.2, 0.25) is 0 Å². The molecule has 0 spiro atoms. The molecule has 0 bridgehead atoms. The van der Waals surface area contributed by atoms with Gasteiger partial charge in [0.15, 0.2) is 0 Å². The Morgan fingerprint density at radius 2 is 1.90 bits per heavy atom. The van der Waals surface area contributed by atoms with Crippen molar-refractivity contribution in [3.05, 3.63) is 35.9 Å². The van der Waals surface area contributed by atoms with Crippen molar-refractivity contribution in [1.82, 2.24) is 15.2 Å². The molecule has 5 nitrogen and oxygen atoms in total. The standard InChI is InChI=1S/C14H21BN3O2/c1-11-8-17(10-13-6-4-3-5-7-13)9-12(2)18(11)15-14(19)16-20/h3-7,11-12,20H,8-10H2,1-2H3,(H,16,19)/t11-,12+. The topological polar surface area (TPSA) is 55.8 Å². The Hall–Kier alpha value is -1.37. The fourth-order valence-corrected chi connectivity index (χ4v) is 2.83. The molecule has 1 fully saturated rings. The van der Waals surface area contributed by atoms with E-state index in [1.54, 1.807) is 5.48 Å². The second kappa shape index (κ2) is 6.88. The Morgan fingerprint density at radius 3 is 2.45 bits per heavy atom. The lowest BCUT2D eigenvalue weighted by atomic mass is 9.84. The predicted octanol–water partition coefficient (Wildman–Crippen LogP) is 1.30. The molecular weight excluding hydrogens is 253 g/mol. The summed E-state index contributed by atoms with van der Waals surface area (Å²) in [5.41, 5.74) is 2.96. The van der Waals surface area contributed by atoms with E-state index in [9.17, 15) is 4.79 Å². The molecule has 0 saturated carbocycles. The molecule has 6 heteroatoms. The SMILES string of the molecule is C[C@@H]1CN(Cc2ccccc2)C[C@H](C)N1[B]C(=O)NO. The summed E-state index contributed by atoms with van der Waals surface area (Å²) in [4.78, 5) is 15.7. The number of hydroxylamine groups is 1. The fourth-order valence-electron chi connectivity index (χ4n) is 2.83. The van der Waals surface area contributed by atoms with Gasteiger partial charge in [-0.2, -0.15) is 0 Å². The molecule has 0 aliphatic carbocycles. The highest BCUT2D eigenvalue weighted by Gasteiger charge is 2.31. The molecule has 107 valence electrons. The largest absolute Gasteiger partial charge is 0.332 e. The van der Waals surface area contributed by atoms with Crippen LogP contribution in [0.15, 0.2) is 30.3 Å². The Balaban J connectivity index is 1.93. The van der Waals surface area contributed by atoms with Gasteiger partial charge in [-0.25, -0.2) is 5.48 Å². The van der Waals surface area contributed by atoms with Gasteiger partial charge in [-0.3, -0.25) is 14.9 Å². The number of nitrogens with zero attached hydrogens (tertiary/aromatic N) is 2. The van der Waals surface area contributed by atoms with Crippen LogP contribution in [0.25, 0.3) is 0 Å². The highest BCUT2D eigenvalue weighted by atomic mass is 16.5. The summed E-state index contributed by atoms with van der Waals surface area (Å²) in [6, 6.07) is 10.9. The number of piperazine rings is 1. The molecule has 0 unspecified atom stereocenters. The Morgan fingerprint density at radius 1 is 1.30 bits per heavy atom. The van der Waals surface area contributed by atoms with Crippen molar-refractivity contribution in [1.29, 1.82) is 0 Å². The van der Waals surface area contributed by atoms with Crippen molar-refractivity contribution in [3.8, 4) is 0 Å². The van der Waals surface area contributed by atoms with E-state index >= 15 is 0 Å². The van der Waals surface area contributed by atoms with Crippen LogP contribution in [0.4, 0.5) is 4.79 Å². The minimum atomic E-state index is -0.472. The van der Waals surface area contributed by atoms with Crippen molar-refractivity contribution >= 4 is 13.2 Å². The van der Waals surface area contributed by atoms with E-state index in [1.807, 2.05) is 10.9 Å². The van der Waals surface area contributed by atoms with Gasteiger partial charge in [0.2, 0.25) is 5.81 Å². The summed E-state index contributed by atoms with van der Waals surface area (Å²) >= 11 is 0. The molecule has 2 atom stereocenters. The Bertz CT molecular complexity index is 431. The van der Waals surface area contributed by atoms with E-state index in [1.165, 1.54) is 13.0 Å². The first-order valence-electron chi connectivity index (χ1n) is 6.93. The van der Waals surface area contributed by atoms with Gasteiger partial charge in [0.05, 0.1) is 0 Å². The van der Waals surface area contributed by atoms with Crippen LogP contribution in [-0.4, -0.2) is 53.3 Å². The number of rotatable bonds is 4. The molecule has 1 aliphatic heterocycles. The van der Waals surface area contributed by atoms with Crippen molar-refractivity contribution in [2.24, 2.45) is 0 Å². The first-order valence-corrected chi connectivity index (χ1v) is 6.93. The first kappa shape index (κ1) is 15.0. The van der Waals surface area contributed by atoms with Gasteiger partial charge in [0.25, 0.3) is 0 Å². The summed E-state index contributed by atoms with van der Waals surface area (Å²) in [5, 5.41) is 8.62. The fraction of sp³-hybridized carbons (Fsp3) is 0.500. The molecule has 1 aliphatic rings. The number of carbonyl (C=O) groups excluding carboxylic acids is 1. The second-order valence-corrected chi connectivity index (χ2v) is 5.43. The zero-order valence-corrected chi connectivity index (χ0v) is 12.0. The monoisotopic (exact) mass is 274 g/mol. The lowest BCUT2D eigenvalue weighted by Crippen LogP contribution is -2.59. The number of hydrogen-bond donors (Lipinski definition) is 2. The number of carbonyl (C=O) groups is 1. The van der Waals surface area contributed by atoms with E-state index in [4.69, 9.17) is 5.21 Å². The number of hydrogen-bond acceptors (Lipinski definition) is 4. The van der Waals surface area contributed by atoms with E-state index in [-0.39, 0.29) is 12.1 Å². The van der Waals surface area contributed by atoms with Gasteiger partial charge in [0.1, 0.15) is 0 Å². The van der Waals surface area contributed by atoms with E-state index in [0.29, 0.717) is 0 Å². The molecule has 1 saturated heterocycles. The lowest BCUT2D eigenvalue weighted by Gasteiger charge is -2.44. The summed E-state index contributed by atoms with van der Waals surface area (Å²) in [7, 11) is 1.45. The second-order valence-electron chi connectivity index (χ2n) is 5.43. The van der Waals surface area contributed by atoms with Crippen molar-refractivity contribution < 1.29 is 10.0 Å². The van der Waals surface area contributed by atoms with E-state index in [2.05, 4.69) is 43.0 Å². The molecular formula is C14H21BN3O2. The molecule has 0 aromatic heterocycles. The van der Waals surface area contributed by atoms with Crippen molar-refractivity contribution in [2.45, 2.75) is 32.5 Å². The van der Waals surface area contributed by atoms with Gasteiger partial charge in [-0.05, 0) is 19.4 Å². The maximum atomic E-state index is 11.3. The van der Waals surface area contributed by atoms with Crippen LogP contribution >= 0.6 is 0 Å². The maximum Gasteiger partial charge on any atom is 0.332 e. The van der Waals surface area contributed by atoms with Gasteiger partial charge in [-0.15, -0.1) is 0 Å². The number of nitrogens with one attached hydrogen (secondary N) is 1. The predicted molar refractivity (Wildman–Crippen MR) is 78.6 cm³/mol. The van der Waals surface area contributed by atoms with Gasteiger partial charge in [-0.1, -0.05) is 30.3 Å². The van der Waals surface area contributed by atoms with Crippen LogP contribution in [0.3, 0.4) is 0 Å². The average Bonchev–Trinajstić information content (AvgIpc) is 2.43. The van der Waals surface area contributed by atoms with Gasteiger partial charge >= 0.3 is 7.41 Å². The Labute approximate surface area is 120 Å². The quantitative estimate of drug-likeness (QED) is 0.493. The number of amides is 1. The molecule has 1 amide bonds. The summed E-state index contributed by atoms with van der Waals surface area (Å²) in [6.07, 6.45) is 0. The highest BCUT2D eigenvalue weighted by Crippen LogP contribution is 2.16. The lowest BCUT2D eigenvalue weighted by molar-refractivity contribution is 0.0945. The molecule has 1 radical (unpaired) electrons. The third-order valence-corrected chi connectivity index (χ3v) is 3.69. The van der Waals surface area contributed by atoms with Crippen LogP contribution in [0.5, 0.6) is 0 Å². The zero-order chi connectivity index (χ0) is 14.5. The third kappa shape index (κ3) is 3.82. The summed E-state index contributed by atoms with van der Waals surface area (Å²) < 4.78 is 0. The summed E-state index contributed by atoms with van der Waals surface area (Å²) in [5.74, 6) is -0.472. The van der Waals surface area contributed by atoms with Gasteiger partial charge < -0.3 is 4.81 Å². The molecule has 2 N–H and O–H groups in total. The minimum absolute atomic E-state index is 0.236. The molecule has 2 rings (SSSR count). The van der Waals surface area contributed by atoms with Crippen LogP contribution in [-0.2, 0) is 6.54 Å². The van der Waals surface area contributed by atoms with E-state index < -0.39 is 5.81 Å². The van der Waals surface area contributed by atoms with E-state index in [0.717, 1.165) is 19.6 Å². The number of benzene rings is 1. The smallest absolute Gasteiger partial charge is 0.331 e. The Kier molecular flexibility index (Phi) is 5.17. The third-order valence-electron chi connectivity index (χ3n) is 3.69. The molecule has 20 heavy (non-hydrogen) atoms. The molecule has 1 aromatic rings. The normalized spacial score (nSPS) is 24.4. The van der Waals surface area contributed by atoms with Gasteiger partial charge in [0, 0.05) is 31.7 Å². The van der Waals surface area contributed by atoms with Crippen LogP contribution < -0.4 is 5.48 Å². The van der Waals surface area contributed by atoms with Crippen molar-refractivity contribution in [2.75, 3.05) is 13.1 Å². The molecule has 1 heterocycles. The highest BCUT2D eigenvalue weighted by molar-refractivity contribution is 6.71. The maximum absolute atomic E-state index is 11.3. The van der Waals surface area contributed by atoms with Crippen LogP contribution in [0, 0.1) is 0 Å². The summed E-state index contributed by atoms with van der Waals surface area (Å²) in [6.45, 7) is 6.90. The minimum Gasteiger partial charge on any atom is -0.331 e. The first-order chi connectivity index (χ1) is 9.60. The van der Waals surface area contributed by atoms with Crippen molar-refractivity contribution in [3.63, 3.8) is 0 Å². The average molecular weight is 274 g/mol. The zero-order valence-electron chi connectivity index (χ0n) is 12.0. The van der Waals surface area contributed by atoms with Crippen LogP contribution in [0.1, 0.15) is 19.4 Å². The molecule has 1 aromatic carbocycles.